The van der Waals surface area contributed by atoms with Crippen molar-refractivity contribution in [2.24, 2.45) is 35.5 Å². The molecule has 3 aliphatic carbocycles. The molecule has 0 heteroatoms. The van der Waals surface area contributed by atoms with E-state index in [0.717, 1.165) is 35.5 Å². The summed E-state index contributed by atoms with van der Waals surface area (Å²) in [5, 5.41) is 0. The number of hydrogen-bond acceptors (Lipinski definition) is 0. The van der Waals surface area contributed by atoms with Crippen molar-refractivity contribution in [3.8, 4) is 0 Å². The fraction of sp³-hybridized carbons (Fsp3) is 1.00. The Labute approximate surface area is 127 Å². The summed E-state index contributed by atoms with van der Waals surface area (Å²) in [6.07, 6.45) is 18.6. The van der Waals surface area contributed by atoms with Gasteiger partial charge in [-0.3, -0.25) is 0 Å². The van der Waals surface area contributed by atoms with Crippen molar-refractivity contribution in [3.05, 3.63) is 0 Å². The van der Waals surface area contributed by atoms with Crippen molar-refractivity contribution in [1.82, 2.24) is 0 Å². The van der Waals surface area contributed by atoms with Crippen molar-refractivity contribution in [2.45, 2.75) is 90.9 Å². The standard InChI is InChI=1S/C20H36/c1-15-7-9-17(10-8-15)13-18-11-12-19(14-18)20-6-4-3-5-16(20)2/h15-20H,3-14H2,1-2H3. The van der Waals surface area contributed by atoms with E-state index >= 15 is 0 Å². The smallest absolute Gasteiger partial charge is 0.0360 e. The summed E-state index contributed by atoms with van der Waals surface area (Å²) in [5.74, 6) is 6.46. The maximum absolute atomic E-state index is 2.54. The summed E-state index contributed by atoms with van der Waals surface area (Å²) in [5.41, 5.74) is 0. The minimum atomic E-state index is 1.02. The average Bonchev–Trinajstić information content (AvgIpc) is 2.90. The molecule has 0 N–H and O–H groups in total. The molecule has 3 fully saturated rings. The predicted octanol–water partition coefficient (Wildman–Crippen LogP) is 6.45. The lowest BCUT2D eigenvalue weighted by Gasteiger charge is -2.34. The van der Waals surface area contributed by atoms with Gasteiger partial charge in [0.1, 0.15) is 0 Å². The average molecular weight is 277 g/mol. The van der Waals surface area contributed by atoms with Crippen LogP contribution in [0.1, 0.15) is 90.9 Å². The second-order valence-corrected chi connectivity index (χ2v) is 8.73. The van der Waals surface area contributed by atoms with Crippen LogP contribution in [0.4, 0.5) is 0 Å². The summed E-state index contributed by atoms with van der Waals surface area (Å²) in [6, 6.07) is 0. The van der Waals surface area contributed by atoms with Gasteiger partial charge in [0.2, 0.25) is 0 Å². The molecule has 3 aliphatic rings. The third kappa shape index (κ3) is 3.60. The predicted molar refractivity (Wildman–Crippen MR) is 87.7 cm³/mol. The highest BCUT2D eigenvalue weighted by molar-refractivity contribution is 4.86. The van der Waals surface area contributed by atoms with Gasteiger partial charge in [0.15, 0.2) is 0 Å². The van der Waals surface area contributed by atoms with Crippen LogP contribution in [-0.4, -0.2) is 0 Å². The SMILES string of the molecule is CC1CCC(CC2CCC(C3CCCCC3C)C2)CC1. The van der Waals surface area contributed by atoms with E-state index in [2.05, 4.69) is 13.8 Å². The van der Waals surface area contributed by atoms with Crippen LogP contribution in [0, 0.1) is 35.5 Å². The molecule has 20 heavy (non-hydrogen) atoms. The van der Waals surface area contributed by atoms with Crippen LogP contribution in [0.3, 0.4) is 0 Å². The fourth-order valence-electron chi connectivity index (χ4n) is 5.80. The van der Waals surface area contributed by atoms with Gasteiger partial charge < -0.3 is 0 Å². The van der Waals surface area contributed by atoms with Crippen LogP contribution in [0.5, 0.6) is 0 Å². The van der Waals surface area contributed by atoms with Crippen molar-refractivity contribution in [1.29, 1.82) is 0 Å². The topological polar surface area (TPSA) is 0 Å². The van der Waals surface area contributed by atoms with Crippen molar-refractivity contribution in [3.63, 3.8) is 0 Å². The molecule has 116 valence electrons. The minimum absolute atomic E-state index is 1.02. The first-order valence-electron chi connectivity index (χ1n) is 9.72. The molecule has 0 amide bonds. The molecule has 0 radical (unpaired) electrons. The Balaban J connectivity index is 1.44. The first kappa shape index (κ1) is 14.9. The highest BCUT2D eigenvalue weighted by Gasteiger charge is 2.35. The summed E-state index contributed by atoms with van der Waals surface area (Å²) >= 11 is 0. The second-order valence-electron chi connectivity index (χ2n) is 8.73. The van der Waals surface area contributed by atoms with Crippen molar-refractivity contribution >= 4 is 0 Å². The van der Waals surface area contributed by atoms with E-state index < -0.39 is 0 Å². The van der Waals surface area contributed by atoms with E-state index in [1.54, 1.807) is 44.9 Å². The van der Waals surface area contributed by atoms with Crippen molar-refractivity contribution in [2.75, 3.05) is 0 Å². The second kappa shape index (κ2) is 6.84. The van der Waals surface area contributed by atoms with Crippen LogP contribution in [0.25, 0.3) is 0 Å². The van der Waals surface area contributed by atoms with E-state index in [4.69, 9.17) is 0 Å². The molecular weight excluding hydrogens is 240 g/mol. The van der Waals surface area contributed by atoms with Crippen LogP contribution in [0.2, 0.25) is 0 Å². The quantitative estimate of drug-likeness (QED) is 0.556. The largest absolute Gasteiger partial charge is 0.0625 e. The van der Waals surface area contributed by atoms with Gasteiger partial charge in [0, 0.05) is 0 Å². The Morgan fingerprint density at radius 3 is 2.15 bits per heavy atom. The van der Waals surface area contributed by atoms with Gasteiger partial charge in [-0.2, -0.15) is 0 Å². The maximum atomic E-state index is 2.54. The van der Waals surface area contributed by atoms with Crippen LogP contribution >= 0.6 is 0 Å². The maximum Gasteiger partial charge on any atom is -0.0360 e. The molecule has 0 heterocycles. The van der Waals surface area contributed by atoms with E-state index in [1.807, 2.05) is 0 Å². The highest BCUT2D eigenvalue weighted by atomic mass is 14.4. The molecule has 0 nitrogen and oxygen atoms in total. The normalized spacial score (nSPS) is 46.5. The zero-order chi connectivity index (χ0) is 13.9. The fourth-order valence-corrected chi connectivity index (χ4v) is 5.80. The third-order valence-corrected chi connectivity index (χ3v) is 7.17. The van der Waals surface area contributed by atoms with Gasteiger partial charge in [-0.25, -0.2) is 0 Å². The molecule has 0 aromatic carbocycles. The molecule has 0 aromatic rings. The third-order valence-electron chi connectivity index (χ3n) is 7.17. The molecule has 0 spiro atoms. The molecule has 4 unspecified atom stereocenters. The first-order chi connectivity index (χ1) is 9.72. The van der Waals surface area contributed by atoms with Gasteiger partial charge in [0.25, 0.3) is 0 Å². The molecule has 3 rings (SSSR count). The molecule has 0 bridgehead atoms. The number of rotatable bonds is 3. The van der Waals surface area contributed by atoms with Crippen LogP contribution in [0.15, 0.2) is 0 Å². The Morgan fingerprint density at radius 1 is 0.700 bits per heavy atom. The highest BCUT2D eigenvalue weighted by Crippen LogP contribution is 2.46. The van der Waals surface area contributed by atoms with E-state index in [1.165, 1.54) is 32.1 Å². The molecule has 4 atom stereocenters. The first-order valence-corrected chi connectivity index (χ1v) is 9.72. The summed E-state index contributed by atoms with van der Waals surface area (Å²) in [4.78, 5) is 0. The molecule has 0 saturated heterocycles. The minimum Gasteiger partial charge on any atom is -0.0625 e. The summed E-state index contributed by atoms with van der Waals surface area (Å²) in [6.45, 7) is 4.99. The zero-order valence-electron chi connectivity index (χ0n) is 13.9. The lowest BCUT2D eigenvalue weighted by Crippen LogP contribution is -2.24. The summed E-state index contributed by atoms with van der Waals surface area (Å²) in [7, 11) is 0. The van der Waals surface area contributed by atoms with Gasteiger partial charge in [0.05, 0.1) is 0 Å². The number of hydrogen-bond donors (Lipinski definition) is 0. The summed E-state index contributed by atoms with van der Waals surface area (Å²) < 4.78 is 0. The molecule has 0 aromatic heterocycles. The monoisotopic (exact) mass is 276 g/mol. The lowest BCUT2D eigenvalue weighted by molar-refractivity contribution is 0.169. The molecular formula is C20H36. The van der Waals surface area contributed by atoms with Crippen molar-refractivity contribution < 1.29 is 0 Å². The lowest BCUT2D eigenvalue weighted by atomic mass is 9.72. The van der Waals surface area contributed by atoms with Gasteiger partial charge in [-0.1, -0.05) is 65.2 Å². The van der Waals surface area contributed by atoms with E-state index in [-0.39, 0.29) is 0 Å². The van der Waals surface area contributed by atoms with Gasteiger partial charge >= 0.3 is 0 Å². The zero-order valence-corrected chi connectivity index (χ0v) is 13.9. The van der Waals surface area contributed by atoms with E-state index in [9.17, 15) is 0 Å². The molecule has 3 saturated carbocycles. The Hall–Kier alpha value is 0. The Bertz CT molecular complexity index is 286. The Morgan fingerprint density at radius 2 is 1.40 bits per heavy atom. The van der Waals surface area contributed by atoms with Crippen LogP contribution in [-0.2, 0) is 0 Å². The van der Waals surface area contributed by atoms with Crippen LogP contribution < -0.4 is 0 Å². The van der Waals surface area contributed by atoms with Gasteiger partial charge in [-0.05, 0) is 61.2 Å². The molecule has 0 aliphatic heterocycles. The Kier molecular flexibility index (Phi) is 5.10. The van der Waals surface area contributed by atoms with Gasteiger partial charge in [-0.15, -0.1) is 0 Å². The van der Waals surface area contributed by atoms with E-state index in [0.29, 0.717) is 0 Å².